The molecule has 2 N–H and O–H groups in total. The fraction of sp³-hybridized carbons (Fsp3) is 0.440. The van der Waals surface area contributed by atoms with E-state index in [0.717, 1.165) is 37.7 Å². The van der Waals surface area contributed by atoms with E-state index in [-0.39, 0.29) is 22.6 Å². The highest BCUT2D eigenvalue weighted by molar-refractivity contribution is 7.92. The third-order valence-electron chi connectivity index (χ3n) is 6.53. The Bertz CT molecular complexity index is 1090. The van der Waals surface area contributed by atoms with Crippen LogP contribution >= 0.6 is 0 Å². The molecule has 1 atom stereocenters. The number of aryl methyl sites for hydroxylation is 1. The average Bonchev–Trinajstić information content (AvgIpc) is 3.31. The summed E-state index contributed by atoms with van der Waals surface area (Å²) in [6, 6.07) is 12.7. The molecule has 1 saturated carbocycles. The minimum atomic E-state index is -3.69. The largest absolute Gasteiger partial charge is 0.330 e. The molecule has 1 saturated heterocycles. The van der Waals surface area contributed by atoms with Crippen molar-refractivity contribution in [3.05, 3.63) is 54.1 Å². The van der Waals surface area contributed by atoms with Crippen LogP contribution in [0.5, 0.6) is 0 Å². The molecule has 0 spiro atoms. The number of sulfonamides is 1. The molecule has 8 heteroatoms. The predicted octanol–water partition coefficient (Wildman–Crippen LogP) is 4.31. The Hall–Kier alpha value is -2.87. The van der Waals surface area contributed by atoms with Crippen molar-refractivity contribution < 1.29 is 18.0 Å². The molecule has 33 heavy (non-hydrogen) atoms. The maximum absolute atomic E-state index is 13.0. The number of hydrogen-bond donors (Lipinski definition) is 2. The Balaban J connectivity index is 1.37. The lowest BCUT2D eigenvalue weighted by atomic mass is 9.88. The van der Waals surface area contributed by atoms with Gasteiger partial charge in [0.15, 0.2) is 0 Å². The number of carbonyl (C=O) groups is 2. The van der Waals surface area contributed by atoms with Crippen LogP contribution in [0.2, 0.25) is 0 Å². The van der Waals surface area contributed by atoms with Crippen LogP contribution in [0.1, 0.15) is 50.5 Å². The van der Waals surface area contributed by atoms with Gasteiger partial charge >= 0.3 is 0 Å². The molecule has 176 valence electrons. The minimum Gasteiger partial charge on any atom is -0.330 e. The van der Waals surface area contributed by atoms with Gasteiger partial charge in [0, 0.05) is 23.8 Å². The molecule has 2 aromatic rings. The molecule has 0 radical (unpaired) electrons. The molecule has 1 unspecified atom stereocenters. The van der Waals surface area contributed by atoms with Gasteiger partial charge in [-0.2, -0.15) is 0 Å². The standard InChI is InChI=1S/C25H31N3O4S/c1-18-9-15-22(16-10-18)33(31,32)27-21-13-11-20(12-14-21)26-24(29)23-8-5-17-28(23)25(30)19-6-3-2-4-7-19/h9-16,19,23,27H,2-8,17H2,1H3,(H,26,29). The first kappa shape index (κ1) is 23.3. The monoisotopic (exact) mass is 469 g/mol. The van der Waals surface area contributed by atoms with Crippen molar-refractivity contribution in [2.45, 2.75) is 62.8 Å². The fourth-order valence-electron chi connectivity index (χ4n) is 4.67. The van der Waals surface area contributed by atoms with Crippen molar-refractivity contribution in [2.24, 2.45) is 5.92 Å². The summed E-state index contributed by atoms with van der Waals surface area (Å²) in [5.74, 6) is -0.0224. The number of nitrogens with one attached hydrogen (secondary N) is 2. The summed E-state index contributed by atoms with van der Waals surface area (Å²) < 4.78 is 27.7. The zero-order chi connectivity index (χ0) is 23.4. The molecule has 0 aromatic heterocycles. The van der Waals surface area contributed by atoms with Crippen molar-refractivity contribution in [1.82, 2.24) is 4.90 Å². The van der Waals surface area contributed by atoms with Crippen molar-refractivity contribution in [2.75, 3.05) is 16.6 Å². The van der Waals surface area contributed by atoms with Gasteiger partial charge in [0.2, 0.25) is 11.8 Å². The lowest BCUT2D eigenvalue weighted by Gasteiger charge is -2.30. The zero-order valence-electron chi connectivity index (χ0n) is 18.9. The van der Waals surface area contributed by atoms with E-state index in [4.69, 9.17) is 0 Å². The second-order valence-corrected chi connectivity index (χ2v) is 10.7. The summed E-state index contributed by atoms with van der Waals surface area (Å²) in [7, 11) is -3.69. The Kier molecular flexibility index (Phi) is 7.02. The Labute approximate surface area is 195 Å². The number of carbonyl (C=O) groups excluding carboxylic acids is 2. The van der Waals surface area contributed by atoms with Crippen LogP contribution in [0.25, 0.3) is 0 Å². The lowest BCUT2D eigenvalue weighted by molar-refractivity contribution is -0.141. The van der Waals surface area contributed by atoms with Crippen molar-refractivity contribution >= 4 is 33.2 Å². The van der Waals surface area contributed by atoms with Crippen LogP contribution in [0.4, 0.5) is 11.4 Å². The Morgan fingerprint density at radius 1 is 0.848 bits per heavy atom. The van der Waals surface area contributed by atoms with Gasteiger partial charge in [-0.15, -0.1) is 0 Å². The first-order valence-corrected chi connectivity index (χ1v) is 13.1. The van der Waals surface area contributed by atoms with Gasteiger partial charge in [-0.25, -0.2) is 8.42 Å². The smallest absolute Gasteiger partial charge is 0.261 e. The Morgan fingerprint density at radius 2 is 1.48 bits per heavy atom. The molecular formula is C25H31N3O4S. The number of hydrogen-bond acceptors (Lipinski definition) is 4. The van der Waals surface area contributed by atoms with E-state index < -0.39 is 16.1 Å². The molecule has 2 amide bonds. The van der Waals surface area contributed by atoms with E-state index in [9.17, 15) is 18.0 Å². The highest BCUT2D eigenvalue weighted by Crippen LogP contribution is 2.29. The second kappa shape index (κ2) is 9.95. The van der Waals surface area contributed by atoms with Gasteiger partial charge in [0.05, 0.1) is 4.90 Å². The van der Waals surface area contributed by atoms with E-state index in [2.05, 4.69) is 10.0 Å². The molecule has 2 aliphatic rings. The number of likely N-dealkylation sites (tertiary alicyclic amines) is 1. The molecule has 1 aliphatic carbocycles. The van der Waals surface area contributed by atoms with Gasteiger partial charge in [0.1, 0.15) is 6.04 Å². The quantitative estimate of drug-likeness (QED) is 0.659. The van der Waals surface area contributed by atoms with Gasteiger partial charge in [-0.05, 0) is 69.0 Å². The van der Waals surface area contributed by atoms with Crippen LogP contribution in [0.15, 0.2) is 53.4 Å². The van der Waals surface area contributed by atoms with E-state index in [1.54, 1.807) is 53.4 Å². The topological polar surface area (TPSA) is 95.6 Å². The van der Waals surface area contributed by atoms with E-state index in [1.807, 2.05) is 6.92 Å². The summed E-state index contributed by atoms with van der Waals surface area (Å²) in [5, 5.41) is 2.89. The molecule has 0 bridgehead atoms. The third-order valence-corrected chi connectivity index (χ3v) is 7.93. The molecular weight excluding hydrogens is 438 g/mol. The minimum absolute atomic E-state index is 0.0491. The van der Waals surface area contributed by atoms with Gasteiger partial charge in [0.25, 0.3) is 10.0 Å². The maximum atomic E-state index is 13.0. The van der Waals surface area contributed by atoms with Crippen molar-refractivity contribution in [3.8, 4) is 0 Å². The normalized spacial score (nSPS) is 19.3. The van der Waals surface area contributed by atoms with Crippen molar-refractivity contribution in [3.63, 3.8) is 0 Å². The predicted molar refractivity (Wildman–Crippen MR) is 128 cm³/mol. The Morgan fingerprint density at radius 3 is 2.15 bits per heavy atom. The van der Waals surface area contributed by atoms with Crippen LogP contribution in [-0.2, 0) is 19.6 Å². The van der Waals surface area contributed by atoms with Crippen LogP contribution in [0, 0.1) is 12.8 Å². The second-order valence-electron chi connectivity index (χ2n) is 9.01. The first-order chi connectivity index (χ1) is 15.8. The molecule has 2 fully saturated rings. The van der Waals surface area contributed by atoms with Crippen LogP contribution in [0.3, 0.4) is 0 Å². The number of anilines is 2. The van der Waals surface area contributed by atoms with Crippen molar-refractivity contribution in [1.29, 1.82) is 0 Å². The maximum Gasteiger partial charge on any atom is 0.261 e. The zero-order valence-corrected chi connectivity index (χ0v) is 19.7. The third kappa shape index (κ3) is 5.55. The van der Waals surface area contributed by atoms with E-state index in [1.165, 1.54) is 6.42 Å². The average molecular weight is 470 g/mol. The van der Waals surface area contributed by atoms with E-state index in [0.29, 0.717) is 24.3 Å². The highest BCUT2D eigenvalue weighted by atomic mass is 32.2. The lowest BCUT2D eigenvalue weighted by Crippen LogP contribution is -2.46. The number of nitrogens with zero attached hydrogens (tertiary/aromatic N) is 1. The molecule has 7 nitrogen and oxygen atoms in total. The molecule has 2 aromatic carbocycles. The SMILES string of the molecule is Cc1ccc(S(=O)(=O)Nc2ccc(NC(=O)C3CCCN3C(=O)C3CCCCC3)cc2)cc1. The number of rotatable bonds is 6. The summed E-state index contributed by atoms with van der Waals surface area (Å²) in [4.78, 5) is 27.8. The molecule has 4 rings (SSSR count). The van der Waals surface area contributed by atoms with Gasteiger partial charge < -0.3 is 10.2 Å². The first-order valence-electron chi connectivity index (χ1n) is 11.6. The summed E-state index contributed by atoms with van der Waals surface area (Å²) in [6.45, 7) is 2.53. The fourth-order valence-corrected chi connectivity index (χ4v) is 5.72. The highest BCUT2D eigenvalue weighted by Gasteiger charge is 2.37. The van der Waals surface area contributed by atoms with Gasteiger partial charge in [-0.1, -0.05) is 37.0 Å². The number of benzene rings is 2. The summed E-state index contributed by atoms with van der Waals surface area (Å²) >= 11 is 0. The van der Waals surface area contributed by atoms with Crippen LogP contribution in [-0.4, -0.2) is 37.7 Å². The van der Waals surface area contributed by atoms with E-state index >= 15 is 0 Å². The summed E-state index contributed by atoms with van der Waals surface area (Å²) in [6.07, 6.45) is 6.69. The summed E-state index contributed by atoms with van der Waals surface area (Å²) in [5.41, 5.74) is 1.95. The number of amides is 2. The van der Waals surface area contributed by atoms with Gasteiger partial charge in [-0.3, -0.25) is 14.3 Å². The molecule has 1 heterocycles. The molecule has 1 aliphatic heterocycles. The van der Waals surface area contributed by atoms with Crippen LogP contribution < -0.4 is 10.0 Å².